The minimum Gasteiger partial charge on any atom is -0.455 e. The van der Waals surface area contributed by atoms with E-state index in [1.54, 1.807) is 0 Å². The van der Waals surface area contributed by atoms with Crippen molar-refractivity contribution in [3.05, 3.63) is 52.0 Å². The Morgan fingerprint density at radius 1 is 1.05 bits per heavy atom. The molecule has 2 N–H and O–H groups in total. The average Bonchev–Trinajstić information content (AvgIpc) is 2.37. The molecule has 2 rings (SSSR count). The molecule has 2 aromatic rings. The van der Waals surface area contributed by atoms with Gasteiger partial charge in [0.05, 0.1) is 5.69 Å². The van der Waals surface area contributed by atoms with Crippen LogP contribution in [0.15, 0.2) is 30.3 Å². The molecule has 0 saturated carbocycles. The first-order valence-corrected chi connectivity index (χ1v) is 7.11. The van der Waals surface area contributed by atoms with E-state index in [9.17, 15) is 0 Å². The molecule has 0 aliphatic rings. The first-order valence-electron chi connectivity index (χ1n) is 6.73. The van der Waals surface area contributed by atoms with Gasteiger partial charge >= 0.3 is 0 Å². The van der Waals surface area contributed by atoms with E-state index in [0.29, 0.717) is 17.4 Å². The van der Waals surface area contributed by atoms with Gasteiger partial charge in [-0.3, -0.25) is 0 Å². The van der Waals surface area contributed by atoms with Crippen molar-refractivity contribution in [3.63, 3.8) is 0 Å². The SMILES string of the molecule is Cc1cc(Cl)c(C(C)C)cc1Oc1cccc(C)c1N. The van der Waals surface area contributed by atoms with Crippen LogP contribution in [0.25, 0.3) is 0 Å². The molecule has 0 atom stereocenters. The fourth-order valence-electron chi connectivity index (χ4n) is 2.08. The number of rotatable bonds is 3. The third-order valence-electron chi connectivity index (χ3n) is 3.42. The van der Waals surface area contributed by atoms with Gasteiger partial charge < -0.3 is 10.5 Å². The molecule has 0 aliphatic carbocycles. The molecule has 0 heterocycles. The van der Waals surface area contributed by atoms with Crippen molar-refractivity contribution in [2.75, 3.05) is 5.73 Å². The maximum absolute atomic E-state index is 6.28. The number of hydrogen-bond donors (Lipinski definition) is 1. The maximum atomic E-state index is 6.28. The molecule has 106 valence electrons. The summed E-state index contributed by atoms with van der Waals surface area (Å²) in [6.07, 6.45) is 0. The second-order valence-electron chi connectivity index (χ2n) is 5.38. The van der Waals surface area contributed by atoms with Gasteiger partial charge in [0.25, 0.3) is 0 Å². The fraction of sp³-hybridized carbons (Fsp3) is 0.294. The van der Waals surface area contributed by atoms with Gasteiger partial charge in [0, 0.05) is 5.02 Å². The van der Waals surface area contributed by atoms with Crippen LogP contribution < -0.4 is 10.5 Å². The monoisotopic (exact) mass is 289 g/mol. The van der Waals surface area contributed by atoms with Crippen LogP contribution in [0.2, 0.25) is 5.02 Å². The van der Waals surface area contributed by atoms with Gasteiger partial charge in [0.2, 0.25) is 0 Å². The van der Waals surface area contributed by atoms with Crippen molar-refractivity contribution in [1.82, 2.24) is 0 Å². The molecule has 0 spiro atoms. The number of para-hydroxylation sites is 1. The Balaban J connectivity index is 2.43. The quantitative estimate of drug-likeness (QED) is 0.762. The van der Waals surface area contributed by atoms with Crippen LogP contribution in [-0.4, -0.2) is 0 Å². The number of hydrogen-bond acceptors (Lipinski definition) is 2. The summed E-state index contributed by atoms with van der Waals surface area (Å²) in [5.74, 6) is 1.83. The summed E-state index contributed by atoms with van der Waals surface area (Å²) in [6.45, 7) is 8.18. The fourth-order valence-corrected chi connectivity index (χ4v) is 2.52. The van der Waals surface area contributed by atoms with Gasteiger partial charge in [-0.1, -0.05) is 37.6 Å². The third kappa shape index (κ3) is 2.91. The standard InChI is InChI=1S/C17H20ClNO/c1-10(2)13-9-16(12(4)8-14(13)18)20-15-7-5-6-11(3)17(15)19/h5-10H,19H2,1-4H3. The highest BCUT2D eigenvalue weighted by Gasteiger charge is 2.12. The van der Waals surface area contributed by atoms with Crippen molar-refractivity contribution < 1.29 is 4.74 Å². The zero-order chi connectivity index (χ0) is 14.9. The molecular weight excluding hydrogens is 270 g/mol. The van der Waals surface area contributed by atoms with Crippen LogP contribution in [-0.2, 0) is 0 Å². The van der Waals surface area contributed by atoms with Gasteiger partial charge in [-0.2, -0.15) is 0 Å². The first kappa shape index (κ1) is 14.7. The Hall–Kier alpha value is -1.67. The average molecular weight is 290 g/mol. The minimum atomic E-state index is 0.348. The predicted octanol–water partition coefficient (Wildman–Crippen LogP) is 5.45. The summed E-state index contributed by atoms with van der Waals surface area (Å²) in [5, 5.41) is 0.780. The molecule has 20 heavy (non-hydrogen) atoms. The molecule has 3 heteroatoms. The molecule has 0 saturated heterocycles. The smallest absolute Gasteiger partial charge is 0.150 e. The normalized spacial score (nSPS) is 10.9. The molecule has 2 nitrogen and oxygen atoms in total. The lowest BCUT2D eigenvalue weighted by Crippen LogP contribution is -1.97. The van der Waals surface area contributed by atoms with E-state index >= 15 is 0 Å². The first-order chi connectivity index (χ1) is 9.40. The maximum Gasteiger partial charge on any atom is 0.150 e. The zero-order valence-electron chi connectivity index (χ0n) is 12.3. The second kappa shape index (κ2) is 5.76. The van der Waals surface area contributed by atoms with Crippen molar-refractivity contribution in [2.24, 2.45) is 0 Å². The molecule has 0 unspecified atom stereocenters. The summed E-state index contributed by atoms with van der Waals surface area (Å²) in [4.78, 5) is 0. The largest absolute Gasteiger partial charge is 0.455 e. The molecule has 0 aromatic heterocycles. The number of ether oxygens (including phenoxy) is 1. The van der Waals surface area contributed by atoms with Crippen LogP contribution in [0.5, 0.6) is 11.5 Å². The lowest BCUT2D eigenvalue weighted by molar-refractivity contribution is 0.480. The van der Waals surface area contributed by atoms with Gasteiger partial charge in [-0.05, 0) is 54.7 Å². The Morgan fingerprint density at radius 3 is 2.40 bits per heavy atom. The van der Waals surface area contributed by atoms with Crippen LogP contribution in [0, 0.1) is 13.8 Å². The summed E-state index contributed by atoms with van der Waals surface area (Å²) in [6, 6.07) is 9.74. The lowest BCUT2D eigenvalue weighted by Gasteiger charge is -2.16. The van der Waals surface area contributed by atoms with Crippen LogP contribution in [0.1, 0.15) is 36.5 Å². The van der Waals surface area contributed by atoms with E-state index in [2.05, 4.69) is 13.8 Å². The summed E-state index contributed by atoms with van der Waals surface area (Å²) in [7, 11) is 0. The van der Waals surface area contributed by atoms with Gasteiger partial charge in [0.1, 0.15) is 5.75 Å². The van der Waals surface area contributed by atoms with Crippen LogP contribution in [0.4, 0.5) is 5.69 Å². The molecule has 0 radical (unpaired) electrons. The number of benzene rings is 2. The number of halogens is 1. The highest BCUT2D eigenvalue weighted by atomic mass is 35.5. The Morgan fingerprint density at radius 2 is 1.75 bits per heavy atom. The Bertz CT molecular complexity index is 635. The van der Waals surface area contributed by atoms with E-state index in [0.717, 1.165) is 27.5 Å². The van der Waals surface area contributed by atoms with E-state index in [4.69, 9.17) is 22.1 Å². The highest BCUT2D eigenvalue weighted by Crippen LogP contribution is 2.36. The molecule has 0 bridgehead atoms. The van der Waals surface area contributed by atoms with Crippen molar-refractivity contribution in [3.8, 4) is 11.5 Å². The van der Waals surface area contributed by atoms with Crippen LogP contribution in [0.3, 0.4) is 0 Å². The molecule has 0 fully saturated rings. The summed E-state index contributed by atoms with van der Waals surface area (Å²) < 4.78 is 5.98. The number of anilines is 1. The molecule has 0 amide bonds. The Kier molecular flexibility index (Phi) is 4.24. The number of nitrogen functional groups attached to an aromatic ring is 1. The lowest BCUT2D eigenvalue weighted by atomic mass is 10.0. The van der Waals surface area contributed by atoms with Gasteiger partial charge in [-0.15, -0.1) is 0 Å². The third-order valence-corrected chi connectivity index (χ3v) is 3.75. The van der Waals surface area contributed by atoms with Crippen LogP contribution >= 0.6 is 11.6 Å². The van der Waals surface area contributed by atoms with Crippen molar-refractivity contribution in [1.29, 1.82) is 0 Å². The summed E-state index contributed by atoms with van der Waals surface area (Å²) in [5.41, 5.74) is 9.83. The van der Waals surface area contributed by atoms with E-state index in [-0.39, 0.29) is 0 Å². The van der Waals surface area contributed by atoms with E-state index < -0.39 is 0 Å². The van der Waals surface area contributed by atoms with Gasteiger partial charge in [0.15, 0.2) is 5.75 Å². The summed E-state index contributed by atoms with van der Waals surface area (Å²) >= 11 is 6.28. The Labute approximate surface area is 125 Å². The number of nitrogens with two attached hydrogens (primary N) is 1. The topological polar surface area (TPSA) is 35.2 Å². The number of aryl methyl sites for hydroxylation is 2. The molecule has 0 aliphatic heterocycles. The van der Waals surface area contributed by atoms with E-state index in [1.165, 1.54) is 0 Å². The van der Waals surface area contributed by atoms with Crippen molar-refractivity contribution in [2.45, 2.75) is 33.6 Å². The van der Waals surface area contributed by atoms with Crippen molar-refractivity contribution >= 4 is 17.3 Å². The van der Waals surface area contributed by atoms with Gasteiger partial charge in [-0.25, -0.2) is 0 Å². The second-order valence-corrected chi connectivity index (χ2v) is 5.79. The predicted molar refractivity (Wildman–Crippen MR) is 85.9 cm³/mol. The molecule has 2 aromatic carbocycles. The highest BCUT2D eigenvalue weighted by molar-refractivity contribution is 6.31. The molecular formula is C17H20ClNO. The minimum absolute atomic E-state index is 0.348. The zero-order valence-corrected chi connectivity index (χ0v) is 13.1. The van der Waals surface area contributed by atoms with E-state index in [1.807, 2.05) is 44.2 Å².